The highest BCUT2D eigenvalue weighted by Gasteiger charge is 2.15. The summed E-state index contributed by atoms with van der Waals surface area (Å²) in [4.78, 5) is 12.0. The Bertz CT molecular complexity index is 914. The summed E-state index contributed by atoms with van der Waals surface area (Å²) < 4.78 is 16.0. The first-order valence-electron chi connectivity index (χ1n) is 7.95. The van der Waals surface area contributed by atoms with Crippen LogP contribution in [0.4, 0.5) is 5.13 Å². The van der Waals surface area contributed by atoms with Gasteiger partial charge in [-0.25, -0.2) is 0 Å². The molecule has 0 unspecified atom stereocenters. The maximum Gasteiger partial charge on any atom is 0.264 e. The Morgan fingerprint density at radius 2 is 1.96 bits per heavy atom. The average molecular weight is 369 g/mol. The van der Waals surface area contributed by atoms with Crippen LogP contribution in [0.5, 0.6) is 17.2 Å². The number of benzene rings is 2. The second kappa shape index (κ2) is 7.40. The van der Waals surface area contributed by atoms with Crippen molar-refractivity contribution in [3.05, 3.63) is 59.1 Å². The van der Waals surface area contributed by atoms with E-state index in [4.69, 9.17) is 14.2 Å². The average Bonchev–Trinajstić information content (AvgIpc) is 3.29. The van der Waals surface area contributed by atoms with E-state index in [9.17, 15) is 4.79 Å². The summed E-state index contributed by atoms with van der Waals surface area (Å²) >= 11 is 1.35. The van der Waals surface area contributed by atoms with E-state index in [1.165, 1.54) is 11.3 Å². The molecule has 3 aromatic rings. The van der Waals surface area contributed by atoms with E-state index in [-0.39, 0.29) is 19.3 Å². The highest BCUT2D eigenvalue weighted by Crippen LogP contribution is 2.35. The Hall–Kier alpha value is -3.13. The van der Waals surface area contributed by atoms with E-state index in [0.717, 1.165) is 10.6 Å². The van der Waals surface area contributed by atoms with Gasteiger partial charge in [-0.3, -0.25) is 10.1 Å². The van der Waals surface area contributed by atoms with Crippen LogP contribution in [0.25, 0.3) is 0 Å². The summed E-state index contributed by atoms with van der Waals surface area (Å²) in [6.07, 6.45) is 0.683. The molecule has 2 heterocycles. The monoisotopic (exact) mass is 369 g/mol. The number of hydrogen-bond donors (Lipinski definition) is 1. The van der Waals surface area contributed by atoms with Crippen LogP contribution in [-0.4, -0.2) is 29.5 Å². The summed E-state index contributed by atoms with van der Waals surface area (Å²) in [6, 6.07) is 15.1. The lowest BCUT2D eigenvalue weighted by Crippen LogP contribution is -2.20. The minimum atomic E-state index is -0.301. The second-order valence-corrected chi connectivity index (χ2v) is 6.58. The van der Waals surface area contributed by atoms with Crippen LogP contribution in [0.15, 0.2) is 48.5 Å². The van der Waals surface area contributed by atoms with Crippen molar-refractivity contribution in [1.29, 1.82) is 0 Å². The quantitative estimate of drug-likeness (QED) is 0.719. The molecular formula is C18H15N3O4S. The van der Waals surface area contributed by atoms with Crippen LogP contribution < -0.4 is 19.5 Å². The van der Waals surface area contributed by atoms with Gasteiger partial charge >= 0.3 is 0 Å². The number of anilines is 1. The summed E-state index contributed by atoms with van der Waals surface area (Å²) in [5, 5.41) is 12.1. The molecule has 2 aromatic carbocycles. The summed E-state index contributed by atoms with van der Waals surface area (Å²) in [5.41, 5.74) is 1.15. The van der Waals surface area contributed by atoms with E-state index in [2.05, 4.69) is 15.5 Å². The van der Waals surface area contributed by atoms with E-state index in [1.54, 1.807) is 18.2 Å². The fraction of sp³-hybridized carbons (Fsp3) is 0.167. The number of hydrogen-bond acceptors (Lipinski definition) is 7. The van der Waals surface area contributed by atoms with Crippen molar-refractivity contribution in [2.24, 2.45) is 0 Å². The normalized spacial score (nSPS) is 12.0. The first kappa shape index (κ1) is 16.3. The SMILES string of the molecule is O=C(COc1ccc2c(c1)OCO2)Nc1nnc(Cc2ccccc2)s1. The molecule has 0 fully saturated rings. The lowest BCUT2D eigenvalue weighted by Gasteiger charge is -2.06. The molecular weight excluding hydrogens is 354 g/mol. The van der Waals surface area contributed by atoms with Crippen molar-refractivity contribution in [2.45, 2.75) is 6.42 Å². The van der Waals surface area contributed by atoms with Crippen LogP contribution in [0, 0.1) is 0 Å². The first-order chi connectivity index (χ1) is 12.8. The minimum Gasteiger partial charge on any atom is -0.484 e. The summed E-state index contributed by atoms with van der Waals surface area (Å²) in [6.45, 7) is 0.0644. The zero-order valence-electron chi connectivity index (χ0n) is 13.7. The van der Waals surface area contributed by atoms with Crippen molar-refractivity contribution >= 4 is 22.4 Å². The van der Waals surface area contributed by atoms with E-state index in [0.29, 0.717) is 28.8 Å². The zero-order valence-corrected chi connectivity index (χ0v) is 14.5. The fourth-order valence-corrected chi connectivity index (χ4v) is 3.21. The molecule has 0 atom stereocenters. The van der Waals surface area contributed by atoms with Gasteiger partial charge < -0.3 is 14.2 Å². The van der Waals surface area contributed by atoms with Crippen LogP contribution in [0.2, 0.25) is 0 Å². The molecule has 0 aliphatic carbocycles. The Morgan fingerprint density at radius 1 is 1.12 bits per heavy atom. The molecule has 0 saturated carbocycles. The molecule has 8 heteroatoms. The number of fused-ring (bicyclic) bond motifs is 1. The van der Waals surface area contributed by atoms with Crippen molar-refractivity contribution in [1.82, 2.24) is 10.2 Å². The highest BCUT2D eigenvalue weighted by atomic mass is 32.1. The molecule has 0 saturated heterocycles. The Morgan fingerprint density at radius 3 is 2.85 bits per heavy atom. The minimum absolute atomic E-state index is 0.132. The van der Waals surface area contributed by atoms with Crippen LogP contribution in [0.3, 0.4) is 0 Å². The number of aromatic nitrogens is 2. The fourth-order valence-electron chi connectivity index (χ4n) is 2.42. The molecule has 7 nitrogen and oxygen atoms in total. The molecule has 1 amide bonds. The third-order valence-electron chi connectivity index (χ3n) is 3.63. The van der Waals surface area contributed by atoms with Gasteiger partial charge in [-0.05, 0) is 17.7 Å². The third kappa shape index (κ3) is 3.92. The molecule has 0 spiro atoms. The predicted molar refractivity (Wildman–Crippen MR) is 95.8 cm³/mol. The van der Waals surface area contributed by atoms with Gasteiger partial charge in [0.1, 0.15) is 10.8 Å². The first-order valence-corrected chi connectivity index (χ1v) is 8.76. The smallest absolute Gasteiger partial charge is 0.264 e. The number of ether oxygens (including phenoxy) is 3. The zero-order chi connectivity index (χ0) is 17.8. The lowest BCUT2D eigenvalue weighted by atomic mass is 10.2. The van der Waals surface area contributed by atoms with Gasteiger partial charge in [0.2, 0.25) is 11.9 Å². The van der Waals surface area contributed by atoms with Gasteiger partial charge in [0, 0.05) is 12.5 Å². The van der Waals surface area contributed by atoms with Crippen LogP contribution >= 0.6 is 11.3 Å². The Labute approximate surface area is 153 Å². The molecule has 1 N–H and O–H groups in total. The number of rotatable bonds is 6. The second-order valence-electron chi connectivity index (χ2n) is 5.52. The molecule has 1 aromatic heterocycles. The van der Waals surface area contributed by atoms with Crippen LogP contribution in [0.1, 0.15) is 10.6 Å². The molecule has 1 aliphatic heterocycles. The van der Waals surface area contributed by atoms with Gasteiger partial charge in [-0.15, -0.1) is 10.2 Å². The van der Waals surface area contributed by atoms with Crippen molar-refractivity contribution in [3.63, 3.8) is 0 Å². The molecule has 26 heavy (non-hydrogen) atoms. The topological polar surface area (TPSA) is 82.6 Å². The van der Waals surface area contributed by atoms with E-state index < -0.39 is 0 Å². The molecule has 1 aliphatic rings. The largest absolute Gasteiger partial charge is 0.484 e. The maximum absolute atomic E-state index is 12.0. The number of amides is 1. The van der Waals surface area contributed by atoms with Crippen molar-refractivity contribution in [3.8, 4) is 17.2 Å². The van der Waals surface area contributed by atoms with E-state index in [1.807, 2.05) is 30.3 Å². The van der Waals surface area contributed by atoms with Gasteiger partial charge in [0.05, 0.1) is 0 Å². The molecule has 0 radical (unpaired) electrons. The Kier molecular flexibility index (Phi) is 4.65. The number of nitrogens with one attached hydrogen (secondary N) is 1. The Balaban J connectivity index is 1.29. The number of nitrogens with zero attached hydrogens (tertiary/aromatic N) is 2. The maximum atomic E-state index is 12.0. The van der Waals surface area contributed by atoms with E-state index >= 15 is 0 Å². The molecule has 132 valence electrons. The lowest BCUT2D eigenvalue weighted by molar-refractivity contribution is -0.118. The van der Waals surface area contributed by atoms with Gasteiger partial charge in [-0.2, -0.15) is 0 Å². The van der Waals surface area contributed by atoms with Gasteiger partial charge in [0.25, 0.3) is 5.91 Å². The van der Waals surface area contributed by atoms with Crippen LogP contribution in [-0.2, 0) is 11.2 Å². The summed E-state index contributed by atoms with van der Waals surface area (Å²) in [5.74, 6) is 1.51. The van der Waals surface area contributed by atoms with Gasteiger partial charge in [0.15, 0.2) is 18.1 Å². The third-order valence-corrected chi connectivity index (χ3v) is 4.46. The summed E-state index contributed by atoms with van der Waals surface area (Å²) in [7, 11) is 0. The number of carbonyl (C=O) groups is 1. The molecule has 4 rings (SSSR count). The highest BCUT2D eigenvalue weighted by molar-refractivity contribution is 7.15. The van der Waals surface area contributed by atoms with Crippen molar-refractivity contribution in [2.75, 3.05) is 18.7 Å². The van der Waals surface area contributed by atoms with Gasteiger partial charge in [-0.1, -0.05) is 41.7 Å². The predicted octanol–water partition coefficient (Wildman–Crippen LogP) is 2.88. The van der Waals surface area contributed by atoms with Crippen molar-refractivity contribution < 1.29 is 19.0 Å². The standard InChI is InChI=1S/C18H15N3O4S/c22-16(10-23-13-6-7-14-15(9-13)25-11-24-14)19-18-21-20-17(26-18)8-12-4-2-1-3-5-12/h1-7,9H,8,10-11H2,(H,19,21,22). The number of carbonyl (C=O) groups excluding carboxylic acids is 1. The molecule has 0 bridgehead atoms.